The number of nitrogens with zero attached hydrogens (tertiary/aromatic N) is 3. The molecular weight excluding hydrogens is 378 g/mol. The van der Waals surface area contributed by atoms with E-state index in [1.54, 1.807) is 12.1 Å². The maximum atomic E-state index is 12.1. The van der Waals surface area contributed by atoms with Crippen molar-refractivity contribution in [3.63, 3.8) is 0 Å². The van der Waals surface area contributed by atoms with E-state index in [-0.39, 0.29) is 50.8 Å². The maximum absolute atomic E-state index is 12.1. The third kappa shape index (κ3) is 8.20. The van der Waals surface area contributed by atoms with Crippen LogP contribution >= 0.6 is 12.2 Å². The van der Waals surface area contributed by atoms with Crippen LogP contribution in [-0.4, -0.2) is 107 Å². The molecule has 0 saturated carbocycles. The highest BCUT2D eigenvalue weighted by atomic mass is 32.1. The minimum absolute atomic E-state index is 0.0221. The van der Waals surface area contributed by atoms with Gasteiger partial charge in [-0.25, -0.2) is 4.79 Å². The van der Waals surface area contributed by atoms with Crippen molar-refractivity contribution in [3.8, 4) is 5.75 Å². The van der Waals surface area contributed by atoms with Gasteiger partial charge in [-0.2, -0.15) is 4.73 Å². The summed E-state index contributed by atoms with van der Waals surface area (Å²) in [5.41, 5.74) is 0. The smallest absolute Gasteiger partial charge is 0.434 e. The highest BCUT2D eigenvalue weighted by molar-refractivity contribution is 7.71. The topological polar surface area (TPSA) is 128 Å². The van der Waals surface area contributed by atoms with Crippen LogP contribution in [0.5, 0.6) is 5.75 Å². The molecule has 0 bridgehead atoms. The molecule has 0 unspecified atom stereocenters. The Kier molecular flexibility index (Phi) is 11.6. The van der Waals surface area contributed by atoms with E-state index in [0.717, 1.165) is 9.63 Å². The van der Waals surface area contributed by atoms with Crippen molar-refractivity contribution in [2.45, 2.75) is 0 Å². The number of aliphatic hydroxyl groups is 4. The molecule has 0 fully saturated rings. The summed E-state index contributed by atoms with van der Waals surface area (Å²) in [5.74, 6) is 0.337. The fourth-order valence-electron chi connectivity index (χ4n) is 2.22. The van der Waals surface area contributed by atoms with Crippen molar-refractivity contribution in [2.24, 2.45) is 0 Å². The predicted molar refractivity (Wildman–Crippen MR) is 99.1 cm³/mol. The standard InChI is InChI=1S/C16H27N3O7S/c20-9-4-17(5-10-21)8-13-25-14-2-1-3-19(15(14)27)26-16(24)18(6-11-22)7-12-23/h1-3,20-23H,4-13H2. The quantitative estimate of drug-likeness (QED) is 0.297. The summed E-state index contributed by atoms with van der Waals surface area (Å²) in [5, 5.41) is 36.0. The van der Waals surface area contributed by atoms with Crippen LogP contribution in [0.4, 0.5) is 4.79 Å². The first kappa shape index (κ1) is 23.3. The van der Waals surface area contributed by atoms with Gasteiger partial charge in [-0.05, 0) is 12.1 Å². The van der Waals surface area contributed by atoms with Crippen LogP contribution in [0.1, 0.15) is 0 Å². The lowest BCUT2D eigenvalue weighted by Crippen LogP contribution is -2.40. The van der Waals surface area contributed by atoms with Crippen LogP contribution in [0.25, 0.3) is 0 Å². The van der Waals surface area contributed by atoms with Gasteiger partial charge in [-0.15, -0.1) is 0 Å². The molecule has 10 nitrogen and oxygen atoms in total. The SMILES string of the molecule is O=C(On1cccc(OCCN(CCO)CCO)c1=S)N(CCO)CCO. The first-order valence-electron chi connectivity index (χ1n) is 8.54. The van der Waals surface area contributed by atoms with Gasteiger partial charge in [-0.1, -0.05) is 12.2 Å². The Morgan fingerprint density at radius 3 is 2.15 bits per heavy atom. The molecule has 1 aromatic rings. The van der Waals surface area contributed by atoms with Gasteiger partial charge in [0.2, 0.25) is 0 Å². The molecule has 0 spiro atoms. The number of carbonyl (C=O) groups excluding carboxylic acids is 1. The van der Waals surface area contributed by atoms with Crippen molar-refractivity contribution in [2.75, 3.05) is 65.8 Å². The monoisotopic (exact) mass is 405 g/mol. The Morgan fingerprint density at radius 1 is 1.00 bits per heavy atom. The van der Waals surface area contributed by atoms with Crippen LogP contribution in [0, 0.1) is 4.64 Å². The Labute approximate surface area is 162 Å². The molecule has 1 rings (SSSR count). The average molecular weight is 405 g/mol. The first-order chi connectivity index (χ1) is 13.1. The van der Waals surface area contributed by atoms with Crippen LogP contribution < -0.4 is 9.57 Å². The third-order valence-electron chi connectivity index (χ3n) is 3.55. The molecular formula is C16H27N3O7S. The molecule has 1 heterocycles. The Balaban J connectivity index is 2.70. The second-order valence-electron chi connectivity index (χ2n) is 5.43. The molecule has 0 aromatic carbocycles. The van der Waals surface area contributed by atoms with Gasteiger partial charge in [0.15, 0.2) is 10.4 Å². The normalized spacial score (nSPS) is 10.9. The Morgan fingerprint density at radius 2 is 1.59 bits per heavy atom. The van der Waals surface area contributed by atoms with E-state index < -0.39 is 6.09 Å². The largest absolute Gasteiger partial charge is 0.489 e. The summed E-state index contributed by atoms with van der Waals surface area (Å²) in [4.78, 5) is 20.3. The predicted octanol–water partition coefficient (Wildman–Crippen LogP) is -1.28. The van der Waals surface area contributed by atoms with Gasteiger partial charge < -0.3 is 34.9 Å². The first-order valence-corrected chi connectivity index (χ1v) is 8.95. The van der Waals surface area contributed by atoms with Crippen molar-refractivity contribution >= 4 is 18.3 Å². The van der Waals surface area contributed by atoms with Crippen molar-refractivity contribution in [1.29, 1.82) is 0 Å². The lowest BCUT2D eigenvalue weighted by atomic mass is 10.4. The number of rotatable bonds is 13. The number of amides is 1. The van der Waals surface area contributed by atoms with E-state index in [0.29, 0.717) is 25.4 Å². The molecule has 11 heteroatoms. The molecule has 1 amide bonds. The molecule has 0 radical (unpaired) electrons. The molecule has 0 aliphatic heterocycles. The van der Waals surface area contributed by atoms with E-state index in [1.165, 1.54) is 6.20 Å². The highest BCUT2D eigenvalue weighted by Gasteiger charge is 2.16. The summed E-state index contributed by atoms with van der Waals surface area (Å²) in [6.07, 6.45) is 0.691. The molecule has 4 N–H and O–H groups in total. The van der Waals surface area contributed by atoms with Crippen molar-refractivity contribution in [3.05, 3.63) is 23.0 Å². The zero-order chi connectivity index (χ0) is 20.1. The van der Waals surface area contributed by atoms with Crippen molar-refractivity contribution < 1.29 is 34.8 Å². The van der Waals surface area contributed by atoms with Gasteiger partial charge in [0.05, 0.1) is 26.4 Å². The number of hydrogen-bond acceptors (Lipinski definition) is 9. The minimum atomic E-state index is -0.761. The molecule has 0 atom stereocenters. The van der Waals surface area contributed by atoms with Crippen LogP contribution in [0.3, 0.4) is 0 Å². The molecule has 27 heavy (non-hydrogen) atoms. The highest BCUT2D eigenvalue weighted by Crippen LogP contribution is 2.12. The van der Waals surface area contributed by atoms with E-state index in [9.17, 15) is 4.79 Å². The van der Waals surface area contributed by atoms with Crippen LogP contribution in [-0.2, 0) is 0 Å². The van der Waals surface area contributed by atoms with Gasteiger partial charge in [0, 0.05) is 38.9 Å². The summed E-state index contributed by atoms with van der Waals surface area (Å²) in [6.45, 7) is 1.06. The molecule has 0 aliphatic carbocycles. The molecule has 154 valence electrons. The fraction of sp³-hybridized carbons (Fsp3) is 0.625. The minimum Gasteiger partial charge on any atom is -0.489 e. The summed E-state index contributed by atoms with van der Waals surface area (Å²) < 4.78 is 6.85. The zero-order valence-corrected chi connectivity index (χ0v) is 15.9. The molecule has 0 saturated heterocycles. The van der Waals surface area contributed by atoms with E-state index in [4.69, 9.17) is 42.2 Å². The Hall–Kier alpha value is -1.76. The van der Waals surface area contributed by atoms with Gasteiger partial charge >= 0.3 is 6.09 Å². The maximum Gasteiger partial charge on any atom is 0.434 e. The third-order valence-corrected chi connectivity index (χ3v) is 3.93. The number of ether oxygens (including phenoxy) is 1. The number of pyridine rings is 1. The molecule has 0 aliphatic rings. The van der Waals surface area contributed by atoms with E-state index >= 15 is 0 Å². The average Bonchev–Trinajstić information content (AvgIpc) is 2.64. The van der Waals surface area contributed by atoms with Gasteiger partial charge in [0.1, 0.15) is 6.61 Å². The Bertz CT molecular complexity index is 602. The molecule has 1 aromatic heterocycles. The summed E-state index contributed by atoms with van der Waals surface area (Å²) in [6, 6.07) is 3.23. The number of aliphatic hydroxyl groups excluding tert-OH is 4. The van der Waals surface area contributed by atoms with Gasteiger partial charge in [-0.3, -0.25) is 4.90 Å². The second kappa shape index (κ2) is 13.4. The summed E-state index contributed by atoms with van der Waals surface area (Å²) >= 11 is 5.26. The fourth-order valence-corrected chi connectivity index (χ4v) is 2.44. The van der Waals surface area contributed by atoms with E-state index in [1.807, 2.05) is 4.90 Å². The van der Waals surface area contributed by atoms with Crippen LogP contribution in [0.15, 0.2) is 18.3 Å². The lowest BCUT2D eigenvalue weighted by molar-refractivity contribution is 0.0752. The van der Waals surface area contributed by atoms with Crippen LogP contribution in [0.2, 0.25) is 0 Å². The number of carbonyl (C=O) groups is 1. The lowest BCUT2D eigenvalue weighted by Gasteiger charge is -2.21. The second-order valence-corrected chi connectivity index (χ2v) is 5.82. The number of hydrogen-bond donors (Lipinski definition) is 4. The van der Waals surface area contributed by atoms with Crippen molar-refractivity contribution in [1.82, 2.24) is 14.5 Å². The summed E-state index contributed by atoms with van der Waals surface area (Å²) in [7, 11) is 0. The number of aromatic nitrogens is 1. The van der Waals surface area contributed by atoms with E-state index in [2.05, 4.69) is 0 Å². The zero-order valence-electron chi connectivity index (χ0n) is 15.1. The van der Waals surface area contributed by atoms with Gasteiger partial charge in [0.25, 0.3) is 0 Å².